The van der Waals surface area contributed by atoms with E-state index in [-0.39, 0.29) is 16.5 Å². The third kappa shape index (κ3) is 2.72. The second-order valence-corrected chi connectivity index (χ2v) is 4.37. The lowest BCUT2D eigenvalue weighted by Gasteiger charge is -2.23. The van der Waals surface area contributed by atoms with E-state index >= 15 is 0 Å². The van der Waals surface area contributed by atoms with Gasteiger partial charge in [-0.15, -0.1) is 10.2 Å². The third-order valence-electron chi connectivity index (χ3n) is 2.35. The fraction of sp³-hybridized carbons (Fsp3) is 0.667. The van der Waals surface area contributed by atoms with E-state index in [0.717, 1.165) is 26.1 Å². The molecule has 0 N–H and O–H groups in total. The predicted octanol–water partition coefficient (Wildman–Crippen LogP) is 1.79. The number of hydrogen-bond donors (Lipinski definition) is 0. The molecule has 0 radical (unpaired) electrons. The minimum atomic E-state index is 0.109. The van der Waals surface area contributed by atoms with Gasteiger partial charge in [-0.1, -0.05) is 11.6 Å². The van der Waals surface area contributed by atoms with E-state index in [0.29, 0.717) is 5.82 Å². The average Bonchev–Trinajstić information content (AvgIpc) is 2.46. The molecule has 1 aromatic heterocycles. The van der Waals surface area contributed by atoms with Crippen molar-refractivity contribution in [2.75, 3.05) is 24.6 Å². The molecule has 1 unspecified atom stereocenters. The summed E-state index contributed by atoms with van der Waals surface area (Å²) in [6.45, 7) is 4.33. The van der Waals surface area contributed by atoms with E-state index in [2.05, 4.69) is 15.2 Å². The number of anilines is 1. The Hall–Kier alpha value is -0.650. The molecule has 1 saturated heterocycles. The average molecular weight is 263 g/mol. The lowest BCUT2D eigenvalue weighted by Crippen LogP contribution is -2.31. The van der Waals surface area contributed by atoms with E-state index in [4.69, 9.17) is 27.9 Å². The van der Waals surface area contributed by atoms with Crippen LogP contribution >= 0.6 is 23.2 Å². The predicted molar refractivity (Wildman–Crippen MR) is 62.1 cm³/mol. The van der Waals surface area contributed by atoms with Gasteiger partial charge < -0.3 is 9.64 Å². The highest BCUT2D eigenvalue weighted by molar-refractivity contribution is 6.32. The van der Waals surface area contributed by atoms with Gasteiger partial charge in [-0.3, -0.25) is 0 Å². The van der Waals surface area contributed by atoms with Crippen molar-refractivity contribution in [2.45, 2.75) is 19.4 Å². The van der Waals surface area contributed by atoms with Crippen molar-refractivity contribution in [1.82, 2.24) is 15.2 Å². The largest absolute Gasteiger partial charge is 0.377 e. The van der Waals surface area contributed by atoms with Gasteiger partial charge in [0.1, 0.15) is 0 Å². The summed E-state index contributed by atoms with van der Waals surface area (Å²) in [7, 11) is 0. The van der Waals surface area contributed by atoms with Crippen molar-refractivity contribution < 1.29 is 4.74 Å². The second kappa shape index (κ2) is 5.12. The maximum atomic E-state index is 5.95. The lowest BCUT2D eigenvalue weighted by molar-refractivity contribution is 0.0820. The number of hydrogen-bond acceptors (Lipinski definition) is 5. The number of nitrogens with zero attached hydrogens (tertiary/aromatic N) is 4. The molecular weight excluding hydrogens is 251 g/mol. The number of rotatable bonds is 1. The molecule has 1 aromatic rings. The highest BCUT2D eigenvalue weighted by atomic mass is 35.5. The Morgan fingerprint density at radius 2 is 2.19 bits per heavy atom. The number of ether oxygens (including phenoxy) is 1. The Kier molecular flexibility index (Phi) is 3.78. The number of halogens is 2. The van der Waals surface area contributed by atoms with Gasteiger partial charge in [0.25, 0.3) is 0 Å². The monoisotopic (exact) mass is 262 g/mol. The van der Waals surface area contributed by atoms with E-state index < -0.39 is 0 Å². The molecule has 2 rings (SSSR count). The van der Waals surface area contributed by atoms with Crippen LogP contribution in [0.1, 0.15) is 13.3 Å². The molecule has 88 valence electrons. The maximum absolute atomic E-state index is 5.95. The van der Waals surface area contributed by atoms with Crippen molar-refractivity contribution >= 4 is 29.0 Å². The van der Waals surface area contributed by atoms with E-state index in [1.54, 1.807) is 0 Å². The third-order valence-corrected chi connectivity index (χ3v) is 2.76. The first-order chi connectivity index (χ1) is 7.66. The van der Waals surface area contributed by atoms with Crippen LogP contribution in [0.15, 0.2) is 0 Å². The molecular formula is C9H12Cl2N4O. The van der Waals surface area contributed by atoms with Crippen LogP contribution in [0.4, 0.5) is 5.82 Å². The first-order valence-corrected chi connectivity index (χ1v) is 5.84. The van der Waals surface area contributed by atoms with Crippen molar-refractivity contribution in [1.29, 1.82) is 0 Å². The van der Waals surface area contributed by atoms with Gasteiger partial charge in [0.05, 0.1) is 6.10 Å². The molecule has 0 aliphatic carbocycles. The van der Waals surface area contributed by atoms with E-state index in [1.807, 2.05) is 11.8 Å². The summed E-state index contributed by atoms with van der Waals surface area (Å²) in [5.41, 5.74) is 0. The highest BCUT2D eigenvalue weighted by Crippen LogP contribution is 2.23. The first kappa shape index (κ1) is 11.8. The molecule has 0 amide bonds. The number of aromatic nitrogens is 3. The van der Waals surface area contributed by atoms with Gasteiger partial charge in [-0.05, 0) is 24.9 Å². The summed E-state index contributed by atoms with van der Waals surface area (Å²) in [5, 5.41) is 7.72. The Balaban J connectivity index is 2.24. The molecule has 0 aromatic carbocycles. The molecule has 1 aliphatic rings. The lowest BCUT2D eigenvalue weighted by atomic mass is 10.3. The van der Waals surface area contributed by atoms with Crippen molar-refractivity contribution in [2.24, 2.45) is 0 Å². The van der Waals surface area contributed by atoms with E-state index in [1.165, 1.54) is 0 Å². The van der Waals surface area contributed by atoms with Crippen LogP contribution < -0.4 is 4.90 Å². The minimum Gasteiger partial charge on any atom is -0.377 e. The molecule has 1 atom stereocenters. The van der Waals surface area contributed by atoms with Gasteiger partial charge in [0, 0.05) is 19.7 Å². The van der Waals surface area contributed by atoms with Crippen molar-refractivity contribution in [3.63, 3.8) is 0 Å². The summed E-state index contributed by atoms with van der Waals surface area (Å²) in [5.74, 6) is 0.582. The zero-order chi connectivity index (χ0) is 11.5. The molecule has 2 heterocycles. The highest BCUT2D eigenvalue weighted by Gasteiger charge is 2.20. The summed E-state index contributed by atoms with van der Waals surface area (Å²) in [6, 6.07) is 0. The summed E-state index contributed by atoms with van der Waals surface area (Å²) in [4.78, 5) is 6.13. The fourth-order valence-corrected chi connectivity index (χ4v) is 1.99. The molecule has 7 heteroatoms. The van der Waals surface area contributed by atoms with Crippen molar-refractivity contribution in [3.8, 4) is 0 Å². The summed E-state index contributed by atoms with van der Waals surface area (Å²) < 4.78 is 5.54. The molecule has 1 fully saturated rings. The van der Waals surface area contributed by atoms with Gasteiger partial charge in [-0.2, -0.15) is 4.98 Å². The fourth-order valence-electron chi connectivity index (χ4n) is 1.67. The van der Waals surface area contributed by atoms with Crippen LogP contribution in [0.2, 0.25) is 10.4 Å². The standard InChI is InChI=1S/C9H12Cl2N4O/c1-6-5-15(3-2-4-16-6)8-7(10)13-14-9(11)12-8/h6H,2-5H2,1H3. The minimum absolute atomic E-state index is 0.109. The van der Waals surface area contributed by atoms with Crippen LogP contribution in [0.25, 0.3) is 0 Å². The maximum Gasteiger partial charge on any atom is 0.245 e. The van der Waals surface area contributed by atoms with Gasteiger partial charge >= 0.3 is 0 Å². The molecule has 1 aliphatic heterocycles. The Morgan fingerprint density at radius 1 is 1.38 bits per heavy atom. The van der Waals surface area contributed by atoms with Crippen LogP contribution in [0.3, 0.4) is 0 Å². The molecule has 5 nitrogen and oxygen atoms in total. The second-order valence-electron chi connectivity index (χ2n) is 3.68. The quantitative estimate of drug-likeness (QED) is 0.773. The van der Waals surface area contributed by atoms with Gasteiger partial charge in [0.2, 0.25) is 5.28 Å². The Morgan fingerprint density at radius 3 is 3.00 bits per heavy atom. The Labute approximate surface area is 104 Å². The molecule has 16 heavy (non-hydrogen) atoms. The smallest absolute Gasteiger partial charge is 0.245 e. The van der Waals surface area contributed by atoms with Gasteiger partial charge in [-0.25, -0.2) is 0 Å². The normalized spacial score (nSPS) is 21.9. The Bertz CT molecular complexity index is 377. The van der Waals surface area contributed by atoms with Crippen LogP contribution in [0.5, 0.6) is 0 Å². The molecule has 0 bridgehead atoms. The first-order valence-electron chi connectivity index (χ1n) is 5.09. The van der Waals surface area contributed by atoms with E-state index in [9.17, 15) is 0 Å². The molecule has 0 spiro atoms. The van der Waals surface area contributed by atoms with Crippen molar-refractivity contribution in [3.05, 3.63) is 10.4 Å². The molecule has 0 saturated carbocycles. The SMILES string of the molecule is CC1CN(c2nc(Cl)nnc2Cl)CCCO1. The van der Waals surface area contributed by atoms with Crippen LogP contribution in [-0.2, 0) is 4.74 Å². The summed E-state index contributed by atoms with van der Waals surface area (Å²) in [6.07, 6.45) is 1.08. The van der Waals surface area contributed by atoms with Crippen LogP contribution in [0, 0.1) is 0 Å². The topological polar surface area (TPSA) is 51.1 Å². The summed E-state index contributed by atoms with van der Waals surface area (Å²) >= 11 is 11.7. The zero-order valence-electron chi connectivity index (χ0n) is 8.86. The van der Waals surface area contributed by atoms with Crippen LogP contribution in [-0.4, -0.2) is 41.0 Å². The zero-order valence-corrected chi connectivity index (χ0v) is 10.4. The van der Waals surface area contributed by atoms with Gasteiger partial charge in [0.15, 0.2) is 11.0 Å².